The van der Waals surface area contributed by atoms with E-state index in [-0.39, 0.29) is 5.91 Å². The molecule has 0 aliphatic carbocycles. The van der Waals surface area contributed by atoms with Crippen LogP contribution in [-0.4, -0.2) is 36.5 Å². The normalized spacial score (nSPS) is 19.6. The number of halogens is 1. The summed E-state index contributed by atoms with van der Waals surface area (Å²) in [5.41, 5.74) is 0.676. The Hall–Kier alpha value is -1.06. The van der Waals surface area contributed by atoms with E-state index >= 15 is 0 Å². The van der Waals surface area contributed by atoms with E-state index in [1.165, 1.54) is 0 Å². The highest BCUT2D eigenvalue weighted by molar-refractivity contribution is 6.30. The number of nitrogens with one attached hydrogen (secondary N) is 1. The third kappa shape index (κ3) is 3.03. The first kappa shape index (κ1) is 13.4. The quantitative estimate of drug-likeness (QED) is 0.912. The van der Waals surface area contributed by atoms with Gasteiger partial charge in [-0.05, 0) is 44.5 Å². The molecule has 1 aromatic rings. The minimum Gasteiger partial charge on any atom is -0.335 e. The molecule has 0 spiro atoms. The van der Waals surface area contributed by atoms with Crippen molar-refractivity contribution in [3.63, 3.8) is 0 Å². The highest BCUT2D eigenvalue weighted by Gasteiger charge is 2.24. The third-order valence-corrected chi connectivity index (χ3v) is 3.62. The van der Waals surface area contributed by atoms with Gasteiger partial charge in [0.1, 0.15) is 0 Å². The molecule has 1 aliphatic heterocycles. The molecule has 1 amide bonds. The standard InChI is InChI=1S/C14H19ClN2O/c1-2-17(13-7-4-8-16-10-13)14(18)11-5-3-6-12(15)9-11/h3,5-6,9,13,16H,2,4,7-8,10H2,1H3. The van der Waals surface area contributed by atoms with Gasteiger partial charge in [-0.15, -0.1) is 0 Å². The highest BCUT2D eigenvalue weighted by Crippen LogP contribution is 2.17. The Morgan fingerprint density at radius 2 is 2.39 bits per heavy atom. The Labute approximate surface area is 113 Å². The molecule has 3 nitrogen and oxygen atoms in total. The maximum absolute atomic E-state index is 12.5. The molecule has 1 aliphatic rings. The minimum absolute atomic E-state index is 0.0775. The lowest BCUT2D eigenvalue weighted by Gasteiger charge is -2.34. The lowest BCUT2D eigenvalue weighted by Crippen LogP contribution is -2.48. The molecule has 1 N–H and O–H groups in total. The molecule has 1 atom stereocenters. The van der Waals surface area contributed by atoms with E-state index in [1.54, 1.807) is 12.1 Å². The van der Waals surface area contributed by atoms with Crippen molar-refractivity contribution < 1.29 is 4.79 Å². The summed E-state index contributed by atoms with van der Waals surface area (Å²) in [7, 11) is 0. The first-order valence-electron chi connectivity index (χ1n) is 6.49. The first-order chi connectivity index (χ1) is 8.72. The van der Waals surface area contributed by atoms with Crippen LogP contribution in [0.2, 0.25) is 5.02 Å². The van der Waals surface area contributed by atoms with E-state index in [9.17, 15) is 4.79 Å². The minimum atomic E-state index is 0.0775. The predicted octanol–water partition coefficient (Wildman–Crippen LogP) is 2.55. The summed E-state index contributed by atoms with van der Waals surface area (Å²) in [6.45, 7) is 4.70. The van der Waals surface area contributed by atoms with Crippen LogP contribution in [-0.2, 0) is 0 Å². The number of carbonyl (C=O) groups excluding carboxylic acids is 1. The average molecular weight is 267 g/mol. The van der Waals surface area contributed by atoms with Gasteiger partial charge in [-0.1, -0.05) is 17.7 Å². The molecule has 1 heterocycles. The monoisotopic (exact) mass is 266 g/mol. The summed E-state index contributed by atoms with van der Waals surface area (Å²) in [5.74, 6) is 0.0775. The molecule has 0 radical (unpaired) electrons. The fourth-order valence-corrected chi connectivity index (χ4v) is 2.64. The Morgan fingerprint density at radius 3 is 3.00 bits per heavy atom. The van der Waals surface area contributed by atoms with Gasteiger partial charge in [-0.2, -0.15) is 0 Å². The molecule has 2 rings (SSSR count). The van der Waals surface area contributed by atoms with Crippen LogP contribution in [0.25, 0.3) is 0 Å². The predicted molar refractivity (Wildman–Crippen MR) is 74.1 cm³/mol. The van der Waals surface area contributed by atoms with Gasteiger partial charge in [0.05, 0.1) is 0 Å². The number of hydrogen-bond donors (Lipinski definition) is 1. The summed E-state index contributed by atoms with van der Waals surface area (Å²) >= 11 is 5.94. The summed E-state index contributed by atoms with van der Waals surface area (Å²) in [5, 5.41) is 3.96. The lowest BCUT2D eigenvalue weighted by molar-refractivity contribution is 0.0662. The number of hydrogen-bond acceptors (Lipinski definition) is 2. The SMILES string of the molecule is CCN(C(=O)c1cccc(Cl)c1)C1CCCNC1. The van der Waals surface area contributed by atoms with Crippen molar-refractivity contribution >= 4 is 17.5 Å². The topological polar surface area (TPSA) is 32.3 Å². The van der Waals surface area contributed by atoms with Gasteiger partial charge in [-0.25, -0.2) is 0 Å². The van der Waals surface area contributed by atoms with E-state index < -0.39 is 0 Å². The van der Waals surface area contributed by atoms with Gasteiger partial charge < -0.3 is 10.2 Å². The number of piperidine rings is 1. The zero-order valence-corrected chi connectivity index (χ0v) is 11.4. The van der Waals surface area contributed by atoms with Crippen molar-refractivity contribution in [3.05, 3.63) is 34.9 Å². The number of rotatable bonds is 3. The number of carbonyl (C=O) groups is 1. The van der Waals surface area contributed by atoms with Crippen LogP contribution in [0.4, 0.5) is 0 Å². The van der Waals surface area contributed by atoms with Gasteiger partial charge in [-0.3, -0.25) is 4.79 Å². The van der Waals surface area contributed by atoms with E-state index in [0.717, 1.165) is 32.5 Å². The Bertz CT molecular complexity index is 416. The fraction of sp³-hybridized carbons (Fsp3) is 0.500. The van der Waals surface area contributed by atoms with Crippen LogP contribution in [0.15, 0.2) is 24.3 Å². The van der Waals surface area contributed by atoms with E-state index in [2.05, 4.69) is 5.32 Å². The zero-order chi connectivity index (χ0) is 13.0. The average Bonchev–Trinajstić information content (AvgIpc) is 2.41. The first-order valence-corrected chi connectivity index (χ1v) is 6.87. The molecule has 4 heteroatoms. The second kappa shape index (κ2) is 6.21. The van der Waals surface area contributed by atoms with Gasteiger partial charge in [0.25, 0.3) is 5.91 Å². The molecule has 0 aromatic heterocycles. The van der Waals surface area contributed by atoms with Crippen LogP contribution in [0.1, 0.15) is 30.1 Å². The molecule has 98 valence electrons. The van der Waals surface area contributed by atoms with Crippen molar-refractivity contribution in [1.82, 2.24) is 10.2 Å². The molecule has 18 heavy (non-hydrogen) atoms. The van der Waals surface area contributed by atoms with Gasteiger partial charge in [0.2, 0.25) is 0 Å². The van der Waals surface area contributed by atoms with Crippen LogP contribution in [0.3, 0.4) is 0 Å². The Kier molecular flexibility index (Phi) is 4.61. The summed E-state index contributed by atoms with van der Waals surface area (Å²) in [6, 6.07) is 7.48. The Balaban J connectivity index is 2.14. The van der Waals surface area contributed by atoms with Crippen LogP contribution in [0, 0.1) is 0 Å². The van der Waals surface area contributed by atoms with Crippen molar-refractivity contribution in [3.8, 4) is 0 Å². The van der Waals surface area contributed by atoms with Gasteiger partial charge >= 0.3 is 0 Å². The summed E-state index contributed by atoms with van der Waals surface area (Å²) in [4.78, 5) is 14.4. The molecule has 1 unspecified atom stereocenters. The van der Waals surface area contributed by atoms with Crippen LogP contribution >= 0.6 is 11.6 Å². The van der Waals surface area contributed by atoms with Crippen LogP contribution in [0.5, 0.6) is 0 Å². The summed E-state index contributed by atoms with van der Waals surface area (Å²) < 4.78 is 0. The van der Waals surface area contributed by atoms with Gasteiger partial charge in [0, 0.05) is 29.7 Å². The molecule has 1 saturated heterocycles. The maximum Gasteiger partial charge on any atom is 0.254 e. The number of benzene rings is 1. The third-order valence-electron chi connectivity index (χ3n) is 3.38. The molecular weight excluding hydrogens is 248 g/mol. The number of likely N-dealkylation sites (N-methyl/N-ethyl adjacent to an activating group) is 1. The molecule has 1 fully saturated rings. The molecule has 0 bridgehead atoms. The van der Waals surface area contributed by atoms with E-state index in [0.29, 0.717) is 16.6 Å². The van der Waals surface area contributed by atoms with Crippen LogP contribution < -0.4 is 5.32 Å². The molecule has 1 aromatic carbocycles. The Morgan fingerprint density at radius 1 is 1.56 bits per heavy atom. The van der Waals surface area contributed by atoms with Crippen molar-refractivity contribution in [2.45, 2.75) is 25.8 Å². The largest absolute Gasteiger partial charge is 0.335 e. The second-order valence-electron chi connectivity index (χ2n) is 4.60. The zero-order valence-electron chi connectivity index (χ0n) is 10.7. The fourth-order valence-electron chi connectivity index (χ4n) is 2.45. The number of amides is 1. The summed E-state index contributed by atoms with van der Waals surface area (Å²) in [6.07, 6.45) is 2.21. The molecular formula is C14H19ClN2O. The van der Waals surface area contributed by atoms with Gasteiger partial charge in [0.15, 0.2) is 0 Å². The smallest absolute Gasteiger partial charge is 0.254 e. The lowest BCUT2D eigenvalue weighted by atomic mass is 10.0. The number of nitrogens with zero attached hydrogens (tertiary/aromatic N) is 1. The van der Waals surface area contributed by atoms with Crippen molar-refractivity contribution in [2.24, 2.45) is 0 Å². The second-order valence-corrected chi connectivity index (χ2v) is 5.04. The van der Waals surface area contributed by atoms with Crippen molar-refractivity contribution in [2.75, 3.05) is 19.6 Å². The maximum atomic E-state index is 12.5. The van der Waals surface area contributed by atoms with E-state index in [4.69, 9.17) is 11.6 Å². The molecule has 0 saturated carbocycles. The van der Waals surface area contributed by atoms with E-state index in [1.807, 2.05) is 24.0 Å². The van der Waals surface area contributed by atoms with Crippen molar-refractivity contribution in [1.29, 1.82) is 0 Å². The highest BCUT2D eigenvalue weighted by atomic mass is 35.5.